The van der Waals surface area contributed by atoms with Crippen LogP contribution in [0.3, 0.4) is 0 Å². The van der Waals surface area contributed by atoms with Crippen molar-refractivity contribution in [1.29, 1.82) is 0 Å². The molecule has 76 valence electrons. The smallest absolute Gasteiger partial charge is 0.362 e. The van der Waals surface area contributed by atoms with Gasteiger partial charge in [-0.1, -0.05) is 0 Å². The van der Waals surface area contributed by atoms with Crippen LogP contribution in [0.1, 0.15) is 12.0 Å². The Labute approximate surface area is 85.2 Å². The van der Waals surface area contributed by atoms with Crippen LogP contribution in [0.2, 0.25) is 0 Å². The number of rotatable bonds is 2. The third kappa shape index (κ3) is 1.95. The Morgan fingerprint density at radius 2 is 2.21 bits per heavy atom. The first-order chi connectivity index (χ1) is 6.43. The summed E-state index contributed by atoms with van der Waals surface area (Å²) in [5.41, 5.74) is 4.47. The largest absolute Gasteiger partial charge is 0.374 e. The number of pyridine rings is 1. The summed E-state index contributed by atoms with van der Waals surface area (Å²) in [4.78, 5) is 12.6. The fourth-order valence-corrected chi connectivity index (χ4v) is 1.15. The van der Waals surface area contributed by atoms with E-state index in [0.717, 1.165) is 6.07 Å². The second-order valence-electron chi connectivity index (χ2n) is 2.33. The number of alkyl halides is 2. The van der Waals surface area contributed by atoms with Gasteiger partial charge in [0.25, 0.3) is 12.2 Å². The molecular formula is C6H4BrF2N3O2. The highest BCUT2D eigenvalue weighted by Gasteiger charge is 2.25. The van der Waals surface area contributed by atoms with Gasteiger partial charge in [0.1, 0.15) is 5.56 Å². The van der Waals surface area contributed by atoms with Crippen LogP contribution < -0.4 is 5.73 Å². The van der Waals surface area contributed by atoms with Gasteiger partial charge >= 0.3 is 5.82 Å². The number of nitrogens with two attached hydrogens (primary N) is 1. The first kappa shape index (κ1) is 10.8. The number of nitrogens with zero attached hydrogens (tertiary/aromatic N) is 2. The van der Waals surface area contributed by atoms with E-state index in [2.05, 4.69) is 20.9 Å². The molecule has 0 atom stereocenters. The van der Waals surface area contributed by atoms with Crippen LogP contribution in [0, 0.1) is 10.1 Å². The molecule has 0 amide bonds. The van der Waals surface area contributed by atoms with Crippen molar-refractivity contribution in [2.24, 2.45) is 0 Å². The lowest BCUT2D eigenvalue weighted by Gasteiger charge is -2.02. The third-order valence-corrected chi connectivity index (χ3v) is 2.05. The molecule has 0 aromatic carbocycles. The number of anilines is 1. The highest BCUT2D eigenvalue weighted by molar-refractivity contribution is 9.10. The molecule has 0 saturated carbocycles. The van der Waals surface area contributed by atoms with Crippen molar-refractivity contribution in [1.82, 2.24) is 4.98 Å². The highest BCUT2D eigenvalue weighted by Crippen LogP contribution is 2.32. The zero-order valence-electron chi connectivity index (χ0n) is 6.58. The second kappa shape index (κ2) is 3.82. The van der Waals surface area contributed by atoms with E-state index >= 15 is 0 Å². The van der Waals surface area contributed by atoms with Crippen molar-refractivity contribution in [3.05, 3.63) is 26.2 Å². The number of nitro groups is 1. The summed E-state index contributed by atoms with van der Waals surface area (Å²) < 4.78 is 24.7. The maximum atomic E-state index is 12.3. The maximum Gasteiger partial charge on any atom is 0.374 e. The molecule has 2 N–H and O–H groups in total. The molecule has 0 spiro atoms. The van der Waals surface area contributed by atoms with Gasteiger partial charge in [-0.05, 0) is 31.9 Å². The van der Waals surface area contributed by atoms with E-state index in [-0.39, 0.29) is 10.3 Å². The number of aromatic nitrogens is 1. The Morgan fingerprint density at radius 3 is 2.64 bits per heavy atom. The van der Waals surface area contributed by atoms with Gasteiger partial charge in [0, 0.05) is 0 Å². The molecule has 1 rings (SSSR count). The van der Waals surface area contributed by atoms with Crippen molar-refractivity contribution >= 4 is 27.6 Å². The Bertz CT molecular complexity index is 386. The SMILES string of the molecule is Nc1nc([N+](=O)[O-])c(C(F)F)cc1Br. The molecule has 1 heterocycles. The zero-order valence-corrected chi connectivity index (χ0v) is 8.16. The Hall–Kier alpha value is -1.31. The fraction of sp³-hybridized carbons (Fsp3) is 0.167. The van der Waals surface area contributed by atoms with Crippen LogP contribution in [-0.4, -0.2) is 9.91 Å². The number of hydrogen-bond acceptors (Lipinski definition) is 4. The lowest BCUT2D eigenvalue weighted by Crippen LogP contribution is -2.02. The van der Waals surface area contributed by atoms with Crippen molar-refractivity contribution in [3.63, 3.8) is 0 Å². The van der Waals surface area contributed by atoms with Gasteiger partial charge in [-0.2, -0.15) is 0 Å². The highest BCUT2D eigenvalue weighted by atomic mass is 79.9. The Morgan fingerprint density at radius 1 is 1.64 bits per heavy atom. The summed E-state index contributed by atoms with van der Waals surface area (Å²) in [5.74, 6) is -1.11. The van der Waals surface area contributed by atoms with Gasteiger partial charge < -0.3 is 15.8 Å². The molecule has 0 aliphatic rings. The van der Waals surface area contributed by atoms with Crippen LogP contribution in [0.25, 0.3) is 0 Å². The van der Waals surface area contributed by atoms with Crippen molar-refractivity contribution in [2.45, 2.75) is 6.43 Å². The molecular weight excluding hydrogens is 264 g/mol. The number of hydrogen-bond donors (Lipinski definition) is 1. The normalized spacial score (nSPS) is 10.6. The third-order valence-electron chi connectivity index (χ3n) is 1.42. The lowest BCUT2D eigenvalue weighted by atomic mass is 10.2. The molecule has 0 bridgehead atoms. The van der Waals surface area contributed by atoms with Crippen LogP contribution in [0.15, 0.2) is 10.5 Å². The predicted molar refractivity (Wildman–Crippen MR) is 48.0 cm³/mol. The molecule has 0 aliphatic carbocycles. The van der Waals surface area contributed by atoms with Gasteiger partial charge in [0.2, 0.25) is 0 Å². The molecule has 0 fully saturated rings. The fourth-order valence-electron chi connectivity index (χ4n) is 0.814. The second-order valence-corrected chi connectivity index (χ2v) is 3.18. The van der Waals surface area contributed by atoms with Crippen LogP contribution in [0.4, 0.5) is 20.4 Å². The summed E-state index contributed by atoms with van der Waals surface area (Å²) in [5, 5.41) is 10.3. The average molecular weight is 268 g/mol. The molecule has 0 aliphatic heterocycles. The standard InChI is InChI=1S/C6H4BrF2N3O2/c7-3-1-2(4(8)9)6(12(13)14)11-5(3)10/h1,4H,(H2,10,11). The van der Waals surface area contributed by atoms with Crippen LogP contribution in [-0.2, 0) is 0 Å². The molecule has 8 heteroatoms. The van der Waals surface area contributed by atoms with E-state index in [4.69, 9.17) is 5.73 Å². The van der Waals surface area contributed by atoms with Gasteiger partial charge in [-0.25, -0.2) is 8.78 Å². The Kier molecular flexibility index (Phi) is 2.94. The summed E-state index contributed by atoms with van der Waals surface area (Å²) in [6.07, 6.45) is -2.96. The van der Waals surface area contributed by atoms with Crippen molar-refractivity contribution in [2.75, 3.05) is 5.73 Å². The van der Waals surface area contributed by atoms with E-state index in [1.165, 1.54) is 0 Å². The first-order valence-electron chi connectivity index (χ1n) is 3.32. The summed E-state index contributed by atoms with van der Waals surface area (Å²) >= 11 is 2.85. The molecule has 0 saturated heterocycles. The number of halogens is 3. The zero-order chi connectivity index (χ0) is 10.9. The topological polar surface area (TPSA) is 82.0 Å². The molecule has 14 heavy (non-hydrogen) atoms. The summed E-state index contributed by atoms with van der Waals surface area (Å²) in [6, 6.07) is 0.894. The molecule has 0 unspecified atom stereocenters. The van der Waals surface area contributed by atoms with Crippen LogP contribution in [0.5, 0.6) is 0 Å². The first-order valence-corrected chi connectivity index (χ1v) is 4.11. The minimum Gasteiger partial charge on any atom is -0.362 e. The van der Waals surface area contributed by atoms with Crippen molar-refractivity contribution < 1.29 is 13.7 Å². The number of nitrogen functional groups attached to an aromatic ring is 1. The van der Waals surface area contributed by atoms with Gasteiger partial charge in [0.15, 0.2) is 0 Å². The molecule has 0 radical (unpaired) electrons. The molecule has 5 nitrogen and oxygen atoms in total. The van der Waals surface area contributed by atoms with Gasteiger partial charge in [0.05, 0.1) is 4.47 Å². The Balaban J connectivity index is 3.39. The minimum atomic E-state index is -2.96. The minimum absolute atomic E-state index is 0.110. The van der Waals surface area contributed by atoms with Gasteiger partial charge in [-0.15, -0.1) is 0 Å². The van der Waals surface area contributed by atoms with E-state index in [1.807, 2.05) is 0 Å². The quantitative estimate of drug-likeness (QED) is 0.658. The average Bonchev–Trinajstić information content (AvgIpc) is 2.08. The lowest BCUT2D eigenvalue weighted by molar-refractivity contribution is -0.390. The van der Waals surface area contributed by atoms with Crippen molar-refractivity contribution in [3.8, 4) is 0 Å². The van der Waals surface area contributed by atoms with Crippen LogP contribution >= 0.6 is 15.9 Å². The van der Waals surface area contributed by atoms with E-state index in [1.54, 1.807) is 0 Å². The predicted octanol–water partition coefficient (Wildman–Crippen LogP) is 2.27. The maximum absolute atomic E-state index is 12.3. The summed E-state index contributed by atoms with van der Waals surface area (Å²) in [6.45, 7) is 0. The monoisotopic (exact) mass is 267 g/mol. The van der Waals surface area contributed by atoms with E-state index in [9.17, 15) is 18.9 Å². The van der Waals surface area contributed by atoms with E-state index in [0.29, 0.717) is 0 Å². The molecule has 1 aromatic heterocycles. The molecule has 1 aromatic rings. The van der Waals surface area contributed by atoms with E-state index < -0.39 is 22.7 Å². The van der Waals surface area contributed by atoms with Gasteiger partial charge in [-0.3, -0.25) is 0 Å². The summed E-state index contributed by atoms with van der Waals surface area (Å²) in [7, 11) is 0.